The van der Waals surface area contributed by atoms with Gasteiger partial charge in [0.05, 0.1) is 0 Å². The van der Waals surface area contributed by atoms with Gasteiger partial charge in [0, 0.05) is 0 Å². The first-order valence-corrected chi connectivity index (χ1v) is 3.94. The molecule has 0 fully saturated rings. The van der Waals surface area contributed by atoms with Crippen molar-refractivity contribution in [1.29, 1.82) is 0 Å². The Hall–Kier alpha value is 1.97. The average molecular weight is 314 g/mol. The summed E-state index contributed by atoms with van der Waals surface area (Å²) < 4.78 is 34.5. The molecule has 10 nitrogen and oxygen atoms in total. The topological polar surface area (TPSA) is 269 Å². The van der Waals surface area contributed by atoms with Crippen LogP contribution in [0.4, 0.5) is 0 Å². The van der Waals surface area contributed by atoms with E-state index in [-0.39, 0.29) is 92.0 Å². The quantitative estimate of drug-likeness (QED) is 0.393. The van der Waals surface area contributed by atoms with Gasteiger partial charge in [-0.15, -0.1) is 0 Å². The molecule has 0 aliphatic rings. The second-order valence-electron chi connectivity index (χ2n) is 0.408. The average Bonchev–Trinajstić information content (AvgIpc) is 0.722. The van der Waals surface area contributed by atoms with Crippen LogP contribution in [0.25, 0.3) is 0 Å². The van der Waals surface area contributed by atoms with Crippen molar-refractivity contribution >= 4 is 0 Å². The van der Waals surface area contributed by atoms with E-state index in [1.54, 1.807) is 0 Å². The van der Waals surface area contributed by atoms with Crippen molar-refractivity contribution in [3.05, 3.63) is 0 Å². The fourth-order valence-electron chi connectivity index (χ4n) is 0. The Kier molecular flexibility index (Phi) is 233. The van der Waals surface area contributed by atoms with Gasteiger partial charge in [-0.25, -0.2) is 0 Å². The van der Waals surface area contributed by atoms with Gasteiger partial charge in [-0.1, -0.05) is 0 Å². The molecular weight excluding hydrogens is 302 g/mol. The Morgan fingerprint density at radius 1 is 0.615 bits per heavy atom. The maximum absolute atomic E-state index is 8.63. The molecule has 0 saturated carbocycles. The molecule has 80 valence electrons. The molecule has 0 saturated heterocycles. The van der Waals surface area contributed by atoms with Crippen LogP contribution in [0.3, 0.4) is 0 Å². The first kappa shape index (κ1) is 82.0. The zero-order valence-electron chi connectivity index (χ0n) is 7.04. The minimum atomic E-state index is -6.02. The molecule has 12 N–H and O–H groups in total. The zero-order chi connectivity index (χ0) is 4.50. The summed E-state index contributed by atoms with van der Waals surface area (Å²) in [4.78, 5) is 0. The molecule has 0 rings (SSSR count). The van der Waals surface area contributed by atoms with Crippen molar-refractivity contribution in [3.63, 3.8) is 0 Å². The summed E-state index contributed by atoms with van der Waals surface area (Å²) in [6.07, 6.45) is 0. The predicted octanol–water partition coefficient (Wildman–Crippen LogP) is -13.6. The number of hydrogen-bond donors (Lipinski definition) is 0. The van der Waals surface area contributed by atoms with Gasteiger partial charge in [0.25, 0.3) is 0 Å². The molecule has 0 bridgehead atoms. The first-order chi connectivity index (χ1) is 2.00. The van der Waals surface area contributed by atoms with Crippen molar-refractivity contribution in [2.24, 2.45) is 0 Å². The van der Waals surface area contributed by atoms with Crippen LogP contribution in [0.15, 0.2) is 0 Å². The van der Waals surface area contributed by atoms with Crippen LogP contribution in [-0.2, 0) is 23.5 Å². The molecule has 13 heavy (non-hydrogen) atoms. The van der Waals surface area contributed by atoms with E-state index in [0.717, 1.165) is 0 Å². The van der Waals surface area contributed by atoms with Gasteiger partial charge in [-0.3, -0.25) is 0 Å². The molecule has 0 aromatic rings. The molecule has 0 unspecified atom stereocenters. The van der Waals surface area contributed by atoms with E-state index in [1.165, 1.54) is 0 Å². The van der Waals surface area contributed by atoms with Crippen LogP contribution in [0.1, 0.15) is 0 Å². The zero-order valence-corrected chi connectivity index (χ0v) is 13.0. The molecule has 0 amide bonds. The maximum atomic E-state index is 8.63. The summed E-state index contributed by atoms with van der Waals surface area (Å²) in [7, 11) is 0. The van der Waals surface area contributed by atoms with Crippen molar-refractivity contribution in [1.82, 2.24) is 0 Å². The molecule has 0 aliphatic carbocycles. The fourth-order valence-corrected chi connectivity index (χ4v) is 0. The minimum absolute atomic E-state index is 0. The Morgan fingerprint density at radius 2 is 0.615 bits per heavy atom. The van der Waals surface area contributed by atoms with Crippen LogP contribution in [-0.4, -0.2) is 32.9 Å². The summed E-state index contributed by atoms with van der Waals surface area (Å²) in [5.41, 5.74) is 0. The predicted molar refractivity (Wildman–Crippen MR) is 23.1 cm³/mol. The van der Waals surface area contributed by atoms with Gasteiger partial charge in [-0.05, 0) is 0 Å². The standard InChI is InChI=1S/Mo.2Na.6H2O.4O/h;;;6*1H2;;;;/q;2*+1;;;;;;;;;2*-1. The van der Waals surface area contributed by atoms with Gasteiger partial charge in [0.15, 0.2) is 0 Å². The summed E-state index contributed by atoms with van der Waals surface area (Å²) in [5, 5.41) is 0. The third-order valence-corrected chi connectivity index (χ3v) is 0. The molecular formula is H12MoNa2O10. The van der Waals surface area contributed by atoms with Gasteiger partial charge in [0.2, 0.25) is 0 Å². The summed E-state index contributed by atoms with van der Waals surface area (Å²) in [6, 6.07) is 0. The van der Waals surface area contributed by atoms with E-state index in [0.29, 0.717) is 0 Å². The third kappa shape index (κ3) is 516. The van der Waals surface area contributed by atoms with Gasteiger partial charge in [0.1, 0.15) is 0 Å². The van der Waals surface area contributed by atoms with Crippen LogP contribution in [0.5, 0.6) is 0 Å². The molecule has 0 aromatic carbocycles. The van der Waals surface area contributed by atoms with E-state index in [4.69, 9.17) is 14.3 Å². The van der Waals surface area contributed by atoms with Crippen LogP contribution < -0.4 is 66.6 Å². The molecule has 0 heterocycles. The Bertz CT molecular complexity index is 96.1. The Labute approximate surface area is 121 Å². The van der Waals surface area contributed by atoms with E-state index < -0.39 is 16.7 Å². The van der Waals surface area contributed by atoms with Crippen molar-refractivity contribution in [2.75, 3.05) is 0 Å². The molecule has 0 radical (unpaired) electrons. The van der Waals surface area contributed by atoms with Gasteiger partial charge >= 0.3 is 90.2 Å². The summed E-state index contributed by atoms with van der Waals surface area (Å²) in [5.74, 6) is 0. The molecule has 0 aromatic heterocycles. The summed E-state index contributed by atoms with van der Waals surface area (Å²) >= 11 is -6.02. The second-order valence-corrected chi connectivity index (χ2v) is 2.42. The van der Waals surface area contributed by atoms with E-state index >= 15 is 0 Å². The van der Waals surface area contributed by atoms with E-state index in [2.05, 4.69) is 0 Å². The Morgan fingerprint density at radius 3 is 0.615 bits per heavy atom. The van der Waals surface area contributed by atoms with Crippen LogP contribution >= 0.6 is 0 Å². The summed E-state index contributed by atoms with van der Waals surface area (Å²) in [6.45, 7) is 0. The van der Waals surface area contributed by atoms with Gasteiger partial charge in [-0.2, -0.15) is 0 Å². The number of hydrogen-bond acceptors (Lipinski definition) is 4. The fraction of sp³-hybridized carbons (Fsp3) is 0. The van der Waals surface area contributed by atoms with Crippen molar-refractivity contribution < 1.29 is 123 Å². The van der Waals surface area contributed by atoms with E-state index in [1.807, 2.05) is 0 Å². The van der Waals surface area contributed by atoms with Gasteiger partial charge < -0.3 is 32.9 Å². The molecule has 13 heteroatoms. The van der Waals surface area contributed by atoms with Crippen LogP contribution in [0.2, 0.25) is 0 Å². The Balaban J connectivity index is -0.00000000286. The van der Waals surface area contributed by atoms with Crippen LogP contribution in [0, 0.1) is 0 Å². The first-order valence-electron chi connectivity index (χ1n) is 0.667. The SMILES string of the molecule is O.O.O.O.O.O.[Na+].[Na+].[O]=[Mo](=[O])([O-])[O-]. The van der Waals surface area contributed by atoms with Crippen molar-refractivity contribution in [3.8, 4) is 0 Å². The molecule has 0 spiro atoms. The second kappa shape index (κ2) is 37.0. The van der Waals surface area contributed by atoms with Crippen molar-refractivity contribution in [2.45, 2.75) is 0 Å². The monoisotopic (exact) mass is 316 g/mol. The number of rotatable bonds is 0. The van der Waals surface area contributed by atoms with E-state index in [9.17, 15) is 0 Å². The normalized spacial score (nSPS) is 4.46. The molecule has 0 aliphatic heterocycles. The third-order valence-electron chi connectivity index (χ3n) is 0. The molecule has 0 atom stereocenters.